The number of nitrogens with zero attached hydrogens (tertiary/aromatic N) is 3. The number of hydrogen-bond donors (Lipinski definition) is 1. The van der Waals surface area contributed by atoms with Crippen molar-refractivity contribution in [2.24, 2.45) is 5.92 Å². The number of nitrogens with one attached hydrogen (secondary N) is 1. The van der Waals surface area contributed by atoms with E-state index in [0.717, 1.165) is 40.7 Å². The number of halogens is 3. The lowest BCUT2D eigenvalue weighted by Crippen LogP contribution is -2.44. The number of anilines is 1. The van der Waals surface area contributed by atoms with E-state index in [1.165, 1.54) is 12.1 Å². The summed E-state index contributed by atoms with van der Waals surface area (Å²) in [6.07, 6.45) is -2.17. The number of piperidine rings is 1. The van der Waals surface area contributed by atoms with E-state index in [9.17, 15) is 18.0 Å². The molecule has 1 N–H and O–H groups in total. The molecule has 5 rings (SSSR count). The fourth-order valence-electron chi connectivity index (χ4n) is 4.90. The SMILES string of the molecule is Cc1cc2nc(N3CCC(C(=O)N[C@@H]4CCOC4)CC3)n(-c3ccc(C(F)(F)F)cc3)c2cc1C. The van der Waals surface area contributed by atoms with Gasteiger partial charge in [-0.3, -0.25) is 9.36 Å². The number of rotatable bonds is 4. The number of aryl methyl sites for hydroxylation is 2. The number of ether oxygens (including phenoxy) is 1. The predicted octanol–water partition coefficient (Wildman–Crippen LogP) is 4.78. The molecule has 0 bridgehead atoms. The number of aromatic nitrogens is 2. The van der Waals surface area contributed by atoms with Crippen LogP contribution in [0, 0.1) is 19.8 Å². The summed E-state index contributed by atoms with van der Waals surface area (Å²) in [6.45, 7) is 6.56. The van der Waals surface area contributed by atoms with Crippen molar-refractivity contribution in [1.29, 1.82) is 0 Å². The largest absolute Gasteiger partial charge is 0.416 e. The van der Waals surface area contributed by atoms with Crippen molar-refractivity contribution >= 4 is 22.9 Å². The average molecular weight is 487 g/mol. The van der Waals surface area contributed by atoms with Crippen molar-refractivity contribution in [3.63, 3.8) is 0 Å². The summed E-state index contributed by atoms with van der Waals surface area (Å²) >= 11 is 0. The van der Waals surface area contributed by atoms with Crippen LogP contribution >= 0.6 is 0 Å². The maximum absolute atomic E-state index is 13.1. The molecule has 186 valence electrons. The second kappa shape index (κ2) is 9.18. The van der Waals surface area contributed by atoms with E-state index >= 15 is 0 Å². The Bertz CT molecular complexity index is 1220. The maximum Gasteiger partial charge on any atom is 0.416 e. The molecule has 2 saturated heterocycles. The molecule has 3 aromatic rings. The zero-order chi connectivity index (χ0) is 24.7. The number of carbonyl (C=O) groups excluding carboxylic acids is 1. The molecule has 9 heteroatoms. The third kappa shape index (κ3) is 4.74. The molecule has 0 saturated carbocycles. The van der Waals surface area contributed by atoms with Crippen molar-refractivity contribution in [2.45, 2.75) is 45.3 Å². The lowest BCUT2D eigenvalue weighted by atomic mass is 9.95. The molecule has 1 aromatic heterocycles. The minimum Gasteiger partial charge on any atom is -0.379 e. The van der Waals surface area contributed by atoms with Crippen LogP contribution in [0.1, 0.15) is 36.0 Å². The summed E-state index contributed by atoms with van der Waals surface area (Å²) in [5.41, 5.74) is 3.78. The van der Waals surface area contributed by atoms with Crippen LogP contribution < -0.4 is 10.2 Å². The lowest BCUT2D eigenvalue weighted by Gasteiger charge is -2.32. The topological polar surface area (TPSA) is 59.4 Å². The van der Waals surface area contributed by atoms with Gasteiger partial charge in [-0.05, 0) is 80.6 Å². The smallest absolute Gasteiger partial charge is 0.379 e. The Morgan fingerprint density at radius 3 is 2.37 bits per heavy atom. The molecule has 1 amide bonds. The van der Waals surface area contributed by atoms with Gasteiger partial charge in [-0.2, -0.15) is 13.2 Å². The molecule has 0 aliphatic carbocycles. The second-order valence-electron chi connectivity index (χ2n) is 9.55. The van der Waals surface area contributed by atoms with Crippen LogP contribution in [0.25, 0.3) is 16.7 Å². The van der Waals surface area contributed by atoms with E-state index < -0.39 is 11.7 Å². The van der Waals surface area contributed by atoms with E-state index in [0.29, 0.717) is 50.8 Å². The second-order valence-corrected chi connectivity index (χ2v) is 9.55. The first-order valence-corrected chi connectivity index (χ1v) is 12.0. The summed E-state index contributed by atoms with van der Waals surface area (Å²) in [5.74, 6) is 0.690. The summed E-state index contributed by atoms with van der Waals surface area (Å²) in [5, 5.41) is 3.10. The molecule has 35 heavy (non-hydrogen) atoms. The summed E-state index contributed by atoms with van der Waals surface area (Å²) < 4.78 is 46.7. The molecule has 0 unspecified atom stereocenters. The van der Waals surface area contributed by atoms with Gasteiger partial charge < -0.3 is 15.0 Å². The number of amides is 1. The van der Waals surface area contributed by atoms with E-state index in [4.69, 9.17) is 9.72 Å². The van der Waals surface area contributed by atoms with Gasteiger partial charge in [0, 0.05) is 31.3 Å². The van der Waals surface area contributed by atoms with Crippen LogP contribution in [0.15, 0.2) is 36.4 Å². The molecule has 2 aromatic carbocycles. The number of hydrogen-bond acceptors (Lipinski definition) is 4. The molecule has 1 atom stereocenters. The Balaban J connectivity index is 1.43. The fourth-order valence-corrected chi connectivity index (χ4v) is 4.90. The minimum absolute atomic E-state index is 0.0692. The van der Waals surface area contributed by atoms with Crippen LogP contribution in [0.5, 0.6) is 0 Å². The first-order valence-electron chi connectivity index (χ1n) is 12.0. The summed E-state index contributed by atoms with van der Waals surface area (Å²) in [6, 6.07) is 9.33. The highest BCUT2D eigenvalue weighted by atomic mass is 19.4. The summed E-state index contributed by atoms with van der Waals surface area (Å²) in [4.78, 5) is 19.7. The van der Waals surface area contributed by atoms with Gasteiger partial charge in [0.15, 0.2) is 0 Å². The van der Waals surface area contributed by atoms with Crippen LogP contribution in [-0.4, -0.2) is 47.8 Å². The first kappa shape index (κ1) is 23.7. The van der Waals surface area contributed by atoms with Gasteiger partial charge in [0.1, 0.15) is 0 Å². The molecule has 6 nitrogen and oxygen atoms in total. The number of benzene rings is 2. The Kier molecular flexibility index (Phi) is 6.21. The molecule has 2 fully saturated rings. The van der Waals surface area contributed by atoms with Crippen molar-refractivity contribution in [3.05, 3.63) is 53.1 Å². The minimum atomic E-state index is -4.39. The van der Waals surface area contributed by atoms with E-state index in [1.807, 2.05) is 30.5 Å². The highest BCUT2D eigenvalue weighted by Gasteiger charge is 2.32. The molecule has 3 heterocycles. The van der Waals surface area contributed by atoms with E-state index in [-0.39, 0.29) is 17.9 Å². The van der Waals surface area contributed by atoms with Gasteiger partial charge in [0.05, 0.1) is 29.2 Å². The highest BCUT2D eigenvalue weighted by molar-refractivity contribution is 5.83. The van der Waals surface area contributed by atoms with Crippen molar-refractivity contribution < 1.29 is 22.7 Å². The highest BCUT2D eigenvalue weighted by Crippen LogP contribution is 2.34. The van der Waals surface area contributed by atoms with Gasteiger partial charge in [0.25, 0.3) is 0 Å². The van der Waals surface area contributed by atoms with Gasteiger partial charge in [-0.1, -0.05) is 0 Å². The Morgan fingerprint density at radius 2 is 1.74 bits per heavy atom. The molecule has 2 aliphatic heterocycles. The van der Waals surface area contributed by atoms with E-state index in [2.05, 4.69) is 10.2 Å². The number of imidazole rings is 1. The normalized spacial score (nSPS) is 19.5. The number of fused-ring (bicyclic) bond motifs is 1. The fraction of sp³-hybridized carbons (Fsp3) is 0.462. The van der Waals surface area contributed by atoms with Crippen molar-refractivity contribution in [2.75, 3.05) is 31.2 Å². The van der Waals surface area contributed by atoms with Gasteiger partial charge >= 0.3 is 6.18 Å². The molecule has 0 radical (unpaired) electrons. The Labute approximate surface area is 202 Å². The standard InChI is InChI=1S/C26H29F3N4O2/c1-16-13-22-23(14-17(16)2)33(21-5-3-19(4-6-21)26(27,28)29)25(31-22)32-10-7-18(8-11-32)24(34)30-20-9-12-35-15-20/h3-6,13-14,18,20H,7-12,15H2,1-2H3,(H,30,34)/t20-/m1/s1. The Morgan fingerprint density at radius 1 is 1.06 bits per heavy atom. The van der Waals surface area contributed by atoms with Gasteiger partial charge in [-0.15, -0.1) is 0 Å². The van der Waals surface area contributed by atoms with Crippen LogP contribution in [0.2, 0.25) is 0 Å². The average Bonchev–Trinajstić information content (AvgIpc) is 3.47. The molecular weight excluding hydrogens is 457 g/mol. The third-order valence-electron chi connectivity index (χ3n) is 7.13. The third-order valence-corrected chi connectivity index (χ3v) is 7.13. The molecule has 0 spiro atoms. The van der Waals surface area contributed by atoms with Crippen LogP contribution in [-0.2, 0) is 15.7 Å². The van der Waals surface area contributed by atoms with Crippen molar-refractivity contribution in [1.82, 2.24) is 14.9 Å². The quantitative estimate of drug-likeness (QED) is 0.577. The van der Waals surface area contributed by atoms with Gasteiger partial charge in [-0.25, -0.2) is 4.98 Å². The zero-order valence-electron chi connectivity index (χ0n) is 19.9. The van der Waals surface area contributed by atoms with Crippen LogP contribution in [0.3, 0.4) is 0 Å². The first-order chi connectivity index (χ1) is 16.7. The molecule has 2 aliphatic rings. The monoisotopic (exact) mass is 486 g/mol. The predicted molar refractivity (Wildman–Crippen MR) is 128 cm³/mol. The van der Waals surface area contributed by atoms with Gasteiger partial charge in [0.2, 0.25) is 11.9 Å². The zero-order valence-corrected chi connectivity index (χ0v) is 19.9. The van der Waals surface area contributed by atoms with Crippen molar-refractivity contribution in [3.8, 4) is 5.69 Å². The van der Waals surface area contributed by atoms with E-state index in [1.54, 1.807) is 0 Å². The van der Waals surface area contributed by atoms with Crippen LogP contribution in [0.4, 0.5) is 19.1 Å². The maximum atomic E-state index is 13.1. The number of carbonyl (C=O) groups is 1. The molecular formula is C26H29F3N4O2. The number of alkyl halides is 3. The Hall–Kier alpha value is -3.07. The lowest BCUT2D eigenvalue weighted by molar-refractivity contribution is -0.137. The summed E-state index contributed by atoms with van der Waals surface area (Å²) in [7, 11) is 0.